The molecule has 0 N–H and O–H groups in total. The SMILES string of the molecule is CCC(=O)OC(C)c1nc2ccccc2n1C(F)F. The van der Waals surface area contributed by atoms with Gasteiger partial charge >= 0.3 is 12.5 Å². The Balaban J connectivity index is 2.47. The van der Waals surface area contributed by atoms with Gasteiger partial charge in [0.25, 0.3) is 0 Å². The Morgan fingerprint density at radius 2 is 2.11 bits per heavy atom. The normalized spacial score (nSPS) is 12.9. The molecule has 4 nitrogen and oxygen atoms in total. The highest BCUT2D eigenvalue weighted by Crippen LogP contribution is 2.28. The van der Waals surface area contributed by atoms with Crippen molar-refractivity contribution in [2.75, 3.05) is 0 Å². The summed E-state index contributed by atoms with van der Waals surface area (Å²) in [6.45, 7) is 0.448. The number of para-hydroxylation sites is 2. The number of carbonyl (C=O) groups is 1. The van der Waals surface area contributed by atoms with E-state index in [9.17, 15) is 13.6 Å². The van der Waals surface area contributed by atoms with Crippen molar-refractivity contribution >= 4 is 17.0 Å². The maximum atomic E-state index is 13.2. The van der Waals surface area contributed by atoms with Crippen LogP contribution in [0.3, 0.4) is 0 Å². The summed E-state index contributed by atoms with van der Waals surface area (Å²) in [7, 11) is 0. The Hall–Kier alpha value is -1.98. The first kappa shape index (κ1) is 13.5. The lowest BCUT2D eigenvalue weighted by atomic mass is 10.3. The first-order valence-corrected chi connectivity index (χ1v) is 5.99. The lowest BCUT2D eigenvalue weighted by Crippen LogP contribution is -2.13. The molecule has 2 aromatic rings. The second-order valence-corrected chi connectivity index (χ2v) is 4.09. The third-order valence-corrected chi connectivity index (χ3v) is 2.78. The second kappa shape index (κ2) is 5.34. The molecule has 0 aliphatic carbocycles. The van der Waals surface area contributed by atoms with Crippen molar-refractivity contribution in [2.24, 2.45) is 0 Å². The summed E-state index contributed by atoms with van der Waals surface area (Å²) in [5.74, 6) is -0.390. The summed E-state index contributed by atoms with van der Waals surface area (Å²) in [5.41, 5.74) is 0.782. The molecule has 0 saturated heterocycles. The van der Waals surface area contributed by atoms with Crippen LogP contribution in [0.25, 0.3) is 11.0 Å². The zero-order chi connectivity index (χ0) is 14.0. The van der Waals surface area contributed by atoms with Crippen molar-refractivity contribution in [3.63, 3.8) is 0 Å². The molecule has 0 aliphatic heterocycles. The molecular weight excluding hydrogens is 254 g/mol. The molecule has 1 heterocycles. The highest BCUT2D eigenvalue weighted by molar-refractivity contribution is 5.76. The minimum absolute atomic E-state index is 0.0537. The number of hydrogen-bond donors (Lipinski definition) is 0. The van der Waals surface area contributed by atoms with Crippen LogP contribution >= 0.6 is 0 Å². The van der Waals surface area contributed by atoms with Crippen molar-refractivity contribution in [3.05, 3.63) is 30.1 Å². The van der Waals surface area contributed by atoms with Gasteiger partial charge in [-0.2, -0.15) is 8.78 Å². The van der Waals surface area contributed by atoms with E-state index in [0.29, 0.717) is 11.0 Å². The van der Waals surface area contributed by atoms with Gasteiger partial charge in [-0.15, -0.1) is 0 Å². The maximum absolute atomic E-state index is 13.2. The zero-order valence-electron chi connectivity index (χ0n) is 10.6. The number of alkyl halides is 2. The van der Waals surface area contributed by atoms with Crippen molar-refractivity contribution in [1.29, 1.82) is 0 Å². The van der Waals surface area contributed by atoms with E-state index in [1.54, 1.807) is 31.2 Å². The van der Waals surface area contributed by atoms with Crippen molar-refractivity contribution in [2.45, 2.75) is 32.9 Å². The zero-order valence-corrected chi connectivity index (χ0v) is 10.6. The number of nitrogens with zero attached hydrogens (tertiary/aromatic N) is 2. The maximum Gasteiger partial charge on any atom is 0.320 e. The number of fused-ring (bicyclic) bond motifs is 1. The number of hydrogen-bond acceptors (Lipinski definition) is 3. The van der Waals surface area contributed by atoms with Crippen LogP contribution in [0.2, 0.25) is 0 Å². The Labute approximate surface area is 109 Å². The third kappa shape index (κ3) is 2.57. The van der Waals surface area contributed by atoms with Gasteiger partial charge in [0.15, 0.2) is 11.9 Å². The molecule has 1 aromatic heterocycles. The number of benzene rings is 1. The van der Waals surface area contributed by atoms with Crippen LogP contribution in [0.4, 0.5) is 8.78 Å². The molecule has 1 atom stereocenters. The molecule has 0 bridgehead atoms. The fraction of sp³-hybridized carbons (Fsp3) is 0.385. The van der Waals surface area contributed by atoms with Crippen LogP contribution in [-0.4, -0.2) is 15.5 Å². The summed E-state index contributed by atoms with van der Waals surface area (Å²) in [5, 5.41) is 0. The molecule has 0 aliphatic rings. The van der Waals surface area contributed by atoms with Crippen LogP contribution < -0.4 is 0 Å². The van der Waals surface area contributed by atoms with E-state index in [1.165, 1.54) is 6.92 Å². The van der Waals surface area contributed by atoms with Gasteiger partial charge in [-0.1, -0.05) is 19.1 Å². The smallest absolute Gasteiger partial charge is 0.320 e. The molecule has 1 aromatic carbocycles. The molecule has 2 rings (SSSR count). The van der Waals surface area contributed by atoms with Gasteiger partial charge in [-0.25, -0.2) is 4.98 Å². The highest BCUT2D eigenvalue weighted by atomic mass is 19.3. The van der Waals surface area contributed by atoms with Gasteiger partial charge < -0.3 is 4.74 Å². The number of ether oxygens (including phenoxy) is 1. The molecule has 102 valence electrons. The van der Waals surface area contributed by atoms with Gasteiger partial charge in [0.05, 0.1) is 11.0 Å². The second-order valence-electron chi connectivity index (χ2n) is 4.09. The fourth-order valence-electron chi connectivity index (χ4n) is 1.89. The molecule has 0 radical (unpaired) electrons. The summed E-state index contributed by atoms with van der Waals surface area (Å²) in [6.07, 6.45) is -0.618. The number of rotatable bonds is 4. The Kier molecular flexibility index (Phi) is 3.78. The highest BCUT2D eigenvalue weighted by Gasteiger charge is 2.23. The van der Waals surface area contributed by atoms with E-state index in [1.807, 2.05) is 0 Å². The van der Waals surface area contributed by atoms with Crippen LogP contribution in [-0.2, 0) is 9.53 Å². The number of carbonyl (C=O) groups excluding carboxylic acids is 1. The van der Waals surface area contributed by atoms with Gasteiger partial charge in [-0.05, 0) is 19.1 Å². The third-order valence-electron chi connectivity index (χ3n) is 2.78. The number of esters is 1. The molecule has 0 fully saturated rings. The van der Waals surface area contributed by atoms with Crippen LogP contribution in [0.5, 0.6) is 0 Å². The van der Waals surface area contributed by atoms with E-state index >= 15 is 0 Å². The van der Waals surface area contributed by atoms with E-state index < -0.39 is 18.6 Å². The van der Waals surface area contributed by atoms with Crippen LogP contribution in [0.1, 0.15) is 38.7 Å². The average Bonchev–Trinajstić information content (AvgIpc) is 2.77. The molecular formula is C13H14F2N2O2. The van der Waals surface area contributed by atoms with Gasteiger partial charge in [0.2, 0.25) is 0 Å². The number of aromatic nitrogens is 2. The number of imidazole rings is 1. The van der Waals surface area contributed by atoms with Gasteiger partial charge in [-0.3, -0.25) is 9.36 Å². The monoisotopic (exact) mass is 268 g/mol. The molecule has 6 heteroatoms. The Morgan fingerprint density at radius 1 is 1.42 bits per heavy atom. The van der Waals surface area contributed by atoms with Gasteiger partial charge in [0.1, 0.15) is 0 Å². The lowest BCUT2D eigenvalue weighted by molar-refractivity contribution is -0.148. The summed E-state index contributed by atoms with van der Waals surface area (Å²) in [4.78, 5) is 15.4. The summed E-state index contributed by atoms with van der Waals surface area (Å²) in [6, 6.07) is 6.59. The predicted molar refractivity (Wildman–Crippen MR) is 65.8 cm³/mol. The summed E-state index contributed by atoms with van der Waals surface area (Å²) >= 11 is 0. The average molecular weight is 268 g/mol. The van der Waals surface area contributed by atoms with Crippen molar-refractivity contribution < 1.29 is 18.3 Å². The number of halogens is 2. The largest absolute Gasteiger partial charge is 0.454 e. The molecule has 1 unspecified atom stereocenters. The van der Waals surface area contributed by atoms with E-state index in [2.05, 4.69) is 4.98 Å². The minimum Gasteiger partial charge on any atom is -0.454 e. The Bertz CT molecular complexity index is 595. The first-order chi connectivity index (χ1) is 9.04. The van der Waals surface area contributed by atoms with E-state index in [0.717, 1.165) is 4.57 Å². The Morgan fingerprint density at radius 3 is 2.74 bits per heavy atom. The van der Waals surface area contributed by atoms with E-state index in [-0.39, 0.29) is 12.2 Å². The van der Waals surface area contributed by atoms with Crippen LogP contribution in [0, 0.1) is 0 Å². The molecule has 0 saturated carbocycles. The standard InChI is InChI=1S/C13H14F2N2O2/c1-3-11(18)19-8(2)12-16-9-6-4-5-7-10(9)17(12)13(14)15/h4-8,13H,3H2,1-2H3. The topological polar surface area (TPSA) is 44.1 Å². The van der Waals surface area contributed by atoms with Crippen molar-refractivity contribution in [3.8, 4) is 0 Å². The fourth-order valence-corrected chi connectivity index (χ4v) is 1.89. The minimum atomic E-state index is -2.73. The summed E-state index contributed by atoms with van der Waals surface area (Å²) < 4.78 is 32.2. The van der Waals surface area contributed by atoms with Gasteiger partial charge in [0, 0.05) is 6.42 Å². The van der Waals surface area contributed by atoms with E-state index in [4.69, 9.17) is 4.74 Å². The predicted octanol–water partition coefficient (Wildman–Crippen LogP) is 3.45. The van der Waals surface area contributed by atoms with Crippen molar-refractivity contribution in [1.82, 2.24) is 9.55 Å². The first-order valence-electron chi connectivity index (χ1n) is 5.99. The lowest BCUT2D eigenvalue weighted by Gasteiger charge is -2.14. The molecule has 0 spiro atoms. The molecule has 19 heavy (non-hydrogen) atoms. The quantitative estimate of drug-likeness (QED) is 0.798. The van der Waals surface area contributed by atoms with Crippen LogP contribution in [0.15, 0.2) is 24.3 Å². The molecule has 0 amide bonds.